The standard InChI is InChI=1S/C29H36N6O5S2/c1-20(24-12-15-27(26(17-24)33-41(4,36)37)40-19-23-8-6-5-7-9-23)18-31-21(2)16-22-10-13-25(14-11-22)32-29-28(30-3)34-42(38,39)35-29/h5-15,17,20-21,31,33H,16,18-19H2,1-4H3,(H,30,34)(H,32,35)/t20-,21?/m0/s1. The van der Waals surface area contributed by atoms with E-state index in [1.165, 1.54) is 7.05 Å². The highest BCUT2D eigenvalue weighted by Gasteiger charge is 2.25. The van der Waals surface area contributed by atoms with Crippen molar-refractivity contribution in [2.24, 2.45) is 9.39 Å². The van der Waals surface area contributed by atoms with Gasteiger partial charge in [-0.25, -0.2) is 13.1 Å². The summed E-state index contributed by atoms with van der Waals surface area (Å²) >= 11 is 0. The van der Waals surface area contributed by atoms with Crippen LogP contribution >= 0.6 is 0 Å². The van der Waals surface area contributed by atoms with Crippen LogP contribution < -0.4 is 24.8 Å². The summed E-state index contributed by atoms with van der Waals surface area (Å²) in [5.41, 5.74) is 4.18. The van der Waals surface area contributed by atoms with Gasteiger partial charge in [-0.1, -0.05) is 55.5 Å². The Hall–Kier alpha value is -3.94. The van der Waals surface area contributed by atoms with Gasteiger partial charge in [0.25, 0.3) is 0 Å². The smallest absolute Gasteiger partial charge is 0.345 e. The number of sulfonamides is 1. The number of benzene rings is 3. The van der Waals surface area contributed by atoms with Crippen molar-refractivity contribution in [3.05, 3.63) is 89.5 Å². The van der Waals surface area contributed by atoms with Gasteiger partial charge in [0, 0.05) is 25.3 Å². The summed E-state index contributed by atoms with van der Waals surface area (Å²) < 4.78 is 61.9. The van der Waals surface area contributed by atoms with Gasteiger partial charge in [-0.3, -0.25) is 9.71 Å². The Balaban J connectivity index is 1.33. The van der Waals surface area contributed by atoms with Gasteiger partial charge in [0.05, 0.1) is 11.9 Å². The van der Waals surface area contributed by atoms with Crippen molar-refractivity contribution >= 4 is 43.3 Å². The van der Waals surface area contributed by atoms with Crippen molar-refractivity contribution < 1.29 is 21.6 Å². The van der Waals surface area contributed by atoms with E-state index in [2.05, 4.69) is 43.3 Å². The predicted molar refractivity (Wildman–Crippen MR) is 168 cm³/mol. The number of amidine groups is 2. The molecule has 0 amide bonds. The second-order valence-corrected chi connectivity index (χ2v) is 13.3. The minimum absolute atomic E-state index is 0.105. The van der Waals surface area contributed by atoms with E-state index in [-0.39, 0.29) is 23.6 Å². The Kier molecular flexibility index (Phi) is 9.86. The molecule has 0 saturated heterocycles. The molecule has 0 saturated carbocycles. The van der Waals surface area contributed by atoms with Crippen molar-refractivity contribution in [3.63, 3.8) is 0 Å². The molecule has 4 rings (SSSR count). The highest BCUT2D eigenvalue weighted by molar-refractivity contribution is 7.92. The first-order chi connectivity index (χ1) is 19.9. The molecular weight excluding hydrogens is 576 g/mol. The van der Waals surface area contributed by atoms with E-state index in [0.29, 0.717) is 30.3 Å². The normalized spacial score (nSPS) is 16.8. The van der Waals surface area contributed by atoms with E-state index >= 15 is 0 Å². The van der Waals surface area contributed by atoms with Crippen LogP contribution in [0.15, 0.2) is 82.2 Å². The molecule has 3 aromatic carbocycles. The van der Waals surface area contributed by atoms with Crippen molar-refractivity contribution in [1.82, 2.24) is 10.0 Å². The van der Waals surface area contributed by atoms with Crippen LogP contribution in [0.2, 0.25) is 0 Å². The number of anilines is 2. The van der Waals surface area contributed by atoms with E-state index in [1.54, 1.807) is 6.07 Å². The third-order valence-corrected chi connectivity index (χ3v) is 7.99. The molecule has 0 fully saturated rings. The molecule has 224 valence electrons. The second kappa shape index (κ2) is 13.4. The number of aliphatic imine (C=N–C) groups is 1. The Morgan fingerprint density at radius 3 is 2.38 bits per heavy atom. The average Bonchev–Trinajstić information content (AvgIpc) is 3.24. The molecule has 0 aliphatic carbocycles. The van der Waals surface area contributed by atoms with Crippen molar-refractivity contribution in [2.45, 2.75) is 38.8 Å². The van der Waals surface area contributed by atoms with E-state index < -0.39 is 20.2 Å². The van der Waals surface area contributed by atoms with Crippen LogP contribution in [-0.2, 0) is 33.3 Å². The molecule has 1 aliphatic rings. The minimum atomic E-state index is -3.76. The molecule has 4 N–H and O–H groups in total. The van der Waals surface area contributed by atoms with Gasteiger partial charge in [-0.2, -0.15) is 8.42 Å². The molecular formula is C29H36N6O5S2. The molecule has 0 radical (unpaired) electrons. The van der Waals surface area contributed by atoms with E-state index in [1.807, 2.05) is 66.7 Å². The Morgan fingerprint density at radius 2 is 1.71 bits per heavy atom. The maximum absolute atomic E-state index is 12.0. The first-order valence-electron chi connectivity index (χ1n) is 13.4. The summed E-state index contributed by atoms with van der Waals surface area (Å²) in [6.07, 6.45) is 1.90. The quantitative estimate of drug-likeness (QED) is 0.244. The van der Waals surface area contributed by atoms with Gasteiger partial charge < -0.3 is 15.4 Å². The topological polar surface area (TPSA) is 150 Å². The number of hydrogen-bond acceptors (Lipinski definition) is 8. The lowest BCUT2D eigenvalue weighted by Crippen LogP contribution is -2.31. The summed E-state index contributed by atoms with van der Waals surface area (Å²) in [5, 5.41) is 6.54. The fraction of sp³-hybridized carbons (Fsp3) is 0.310. The van der Waals surface area contributed by atoms with Crippen molar-refractivity contribution in [2.75, 3.05) is 29.9 Å². The number of ether oxygens (including phenoxy) is 1. The Morgan fingerprint density at radius 1 is 1.00 bits per heavy atom. The summed E-state index contributed by atoms with van der Waals surface area (Å²) in [6.45, 7) is 5.19. The zero-order chi connectivity index (χ0) is 30.3. The summed E-state index contributed by atoms with van der Waals surface area (Å²) in [6, 6.07) is 23.1. The fourth-order valence-electron chi connectivity index (χ4n) is 4.37. The molecule has 3 aromatic rings. The summed E-state index contributed by atoms with van der Waals surface area (Å²) in [4.78, 5) is 3.91. The largest absolute Gasteiger partial charge is 0.487 e. The lowest BCUT2D eigenvalue weighted by molar-refractivity contribution is 0.308. The van der Waals surface area contributed by atoms with E-state index in [4.69, 9.17) is 4.74 Å². The average molecular weight is 613 g/mol. The second-order valence-electron chi connectivity index (χ2n) is 10.2. The monoisotopic (exact) mass is 612 g/mol. The van der Waals surface area contributed by atoms with Gasteiger partial charge in [-0.05, 0) is 60.2 Å². The lowest BCUT2D eigenvalue weighted by atomic mass is 9.99. The summed E-state index contributed by atoms with van der Waals surface area (Å²) in [7, 11) is -5.77. The highest BCUT2D eigenvalue weighted by Crippen LogP contribution is 2.30. The van der Waals surface area contributed by atoms with E-state index in [0.717, 1.165) is 29.4 Å². The number of hydrogen-bond donors (Lipinski definition) is 4. The molecule has 0 bridgehead atoms. The van der Waals surface area contributed by atoms with Crippen LogP contribution in [0, 0.1) is 0 Å². The van der Waals surface area contributed by atoms with Gasteiger partial charge in [0.2, 0.25) is 10.0 Å². The Bertz CT molecular complexity index is 1660. The van der Waals surface area contributed by atoms with Gasteiger partial charge in [0.1, 0.15) is 12.4 Å². The molecule has 1 aliphatic heterocycles. The van der Waals surface area contributed by atoms with Crippen LogP contribution in [0.3, 0.4) is 0 Å². The van der Waals surface area contributed by atoms with Crippen molar-refractivity contribution in [3.8, 4) is 5.75 Å². The maximum atomic E-state index is 12.0. The van der Waals surface area contributed by atoms with Crippen molar-refractivity contribution in [1.29, 1.82) is 0 Å². The van der Waals surface area contributed by atoms with Gasteiger partial charge in [-0.15, -0.1) is 4.40 Å². The number of nitrogens with one attached hydrogen (secondary N) is 4. The molecule has 1 unspecified atom stereocenters. The molecule has 0 aromatic heterocycles. The summed E-state index contributed by atoms with van der Waals surface area (Å²) in [5.74, 6) is 0.893. The number of nitrogens with zero attached hydrogens (tertiary/aromatic N) is 2. The zero-order valence-electron chi connectivity index (χ0n) is 24.0. The van der Waals surface area contributed by atoms with Crippen LogP contribution in [0.25, 0.3) is 0 Å². The molecule has 2 atom stereocenters. The highest BCUT2D eigenvalue weighted by atomic mass is 32.2. The third kappa shape index (κ3) is 9.03. The molecule has 13 heteroatoms. The molecule has 11 nitrogen and oxygen atoms in total. The Labute approximate surface area is 247 Å². The first kappa shape index (κ1) is 31.0. The van der Waals surface area contributed by atoms with Crippen LogP contribution in [0.1, 0.15) is 36.5 Å². The van der Waals surface area contributed by atoms with E-state index in [9.17, 15) is 16.8 Å². The maximum Gasteiger partial charge on any atom is 0.345 e. The number of rotatable bonds is 12. The molecule has 1 heterocycles. The zero-order valence-corrected chi connectivity index (χ0v) is 25.6. The molecule has 42 heavy (non-hydrogen) atoms. The van der Waals surface area contributed by atoms with Gasteiger partial charge in [0.15, 0.2) is 11.7 Å². The molecule has 0 spiro atoms. The SMILES string of the molecule is CN=C1NS(=O)(=O)N=C1Nc1ccc(CC(C)NC[C@H](C)c2ccc(OCc3ccccc3)c(NS(C)(=O)=O)c2)cc1. The minimum Gasteiger partial charge on any atom is -0.487 e. The predicted octanol–water partition coefficient (Wildman–Crippen LogP) is 3.65. The third-order valence-electron chi connectivity index (χ3n) is 6.52. The van der Waals surface area contributed by atoms with Gasteiger partial charge >= 0.3 is 10.2 Å². The van der Waals surface area contributed by atoms with Crippen LogP contribution in [0.5, 0.6) is 5.75 Å². The van der Waals surface area contributed by atoms with Crippen LogP contribution in [0.4, 0.5) is 11.4 Å². The van der Waals surface area contributed by atoms with Crippen LogP contribution in [-0.4, -0.2) is 54.4 Å². The first-order valence-corrected chi connectivity index (χ1v) is 16.7. The fourth-order valence-corrected chi connectivity index (χ4v) is 5.78. The lowest BCUT2D eigenvalue weighted by Gasteiger charge is -2.20.